The highest BCUT2D eigenvalue weighted by atomic mass is 28.3. The minimum absolute atomic E-state index is 0.598. The zero-order chi connectivity index (χ0) is 12.8. The smallest absolute Gasteiger partial charge is 0.0688 e. The summed E-state index contributed by atoms with van der Waals surface area (Å²) in [6, 6.07) is 8.97. The lowest BCUT2D eigenvalue weighted by molar-refractivity contribution is 1.13. The van der Waals surface area contributed by atoms with E-state index in [2.05, 4.69) is 69.6 Å². The van der Waals surface area contributed by atoms with Crippen LogP contribution in [0.25, 0.3) is 5.20 Å². The van der Waals surface area contributed by atoms with Crippen molar-refractivity contribution >= 4 is 21.3 Å². The Kier molecular flexibility index (Phi) is 2.99. The van der Waals surface area contributed by atoms with Crippen molar-refractivity contribution in [2.45, 2.75) is 44.8 Å². The summed E-state index contributed by atoms with van der Waals surface area (Å²) in [5.41, 5.74) is 3.64. The van der Waals surface area contributed by atoms with Crippen molar-refractivity contribution in [1.82, 2.24) is 0 Å². The average Bonchev–Trinajstić information content (AvgIpc) is 2.55. The highest BCUT2D eigenvalue weighted by Crippen LogP contribution is 2.43. The number of hydrogen-bond acceptors (Lipinski definition) is 0. The van der Waals surface area contributed by atoms with Crippen molar-refractivity contribution in [1.29, 1.82) is 0 Å². The van der Waals surface area contributed by atoms with Crippen molar-refractivity contribution in [2.24, 2.45) is 0 Å². The average molecular weight is 260 g/mol. The monoisotopic (exact) mass is 259 g/mol. The molecule has 1 aliphatic rings. The molecule has 0 spiro atoms. The van der Waals surface area contributed by atoms with Crippen molar-refractivity contribution in [3.63, 3.8) is 0 Å². The molecular weight excluding hydrogens is 236 g/mol. The molecule has 0 nitrogen and oxygen atoms in total. The normalized spacial score (nSPS) is 20.1. The van der Waals surface area contributed by atoms with Crippen LogP contribution >= 0.6 is 0 Å². The Bertz CT molecular complexity index is 459. The van der Waals surface area contributed by atoms with Gasteiger partial charge in [-0.3, -0.25) is 0 Å². The van der Waals surface area contributed by atoms with Gasteiger partial charge in [0, 0.05) is 5.54 Å². The Morgan fingerprint density at radius 1 is 0.941 bits per heavy atom. The van der Waals surface area contributed by atoms with E-state index in [0.29, 0.717) is 5.54 Å². The summed E-state index contributed by atoms with van der Waals surface area (Å²) in [7, 11) is -2.47. The summed E-state index contributed by atoms with van der Waals surface area (Å²) < 4.78 is 0. The Hall–Kier alpha value is -0.606. The van der Waals surface area contributed by atoms with Gasteiger partial charge < -0.3 is 0 Å². The number of allylic oxidation sites excluding steroid dienone is 1. The second-order valence-corrected chi connectivity index (χ2v) is 17.5. The SMILES string of the molecule is C[Si](C)(C)C1=[C]C([Si](C)(C)C)c2ccccc21. The van der Waals surface area contributed by atoms with Crippen molar-refractivity contribution < 1.29 is 0 Å². The van der Waals surface area contributed by atoms with Gasteiger partial charge in [0.05, 0.1) is 16.1 Å². The Morgan fingerprint density at radius 2 is 1.53 bits per heavy atom. The lowest BCUT2D eigenvalue weighted by Gasteiger charge is -2.24. The summed E-state index contributed by atoms with van der Waals surface area (Å²) in [5, 5.41) is 1.56. The molecular formula is C15H23Si2. The van der Waals surface area contributed by atoms with E-state index in [1.165, 1.54) is 5.56 Å². The fourth-order valence-electron chi connectivity index (χ4n) is 2.58. The first-order valence-corrected chi connectivity index (χ1v) is 13.5. The van der Waals surface area contributed by atoms with Crippen molar-refractivity contribution in [3.8, 4) is 0 Å². The van der Waals surface area contributed by atoms with E-state index >= 15 is 0 Å². The van der Waals surface area contributed by atoms with Crippen LogP contribution in [-0.4, -0.2) is 16.1 Å². The Labute approximate surface area is 108 Å². The minimum Gasteiger partial charge on any atom is -0.0688 e. The van der Waals surface area contributed by atoms with E-state index in [4.69, 9.17) is 0 Å². The van der Waals surface area contributed by atoms with E-state index in [1.54, 1.807) is 10.8 Å². The molecule has 0 aliphatic heterocycles. The van der Waals surface area contributed by atoms with Gasteiger partial charge in [-0.25, -0.2) is 0 Å². The molecule has 1 unspecified atom stereocenters. The van der Waals surface area contributed by atoms with Crippen molar-refractivity contribution in [3.05, 3.63) is 41.5 Å². The molecule has 2 rings (SSSR count). The third-order valence-corrected chi connectivity index (χ3v) is 7.55. The Morgan fingerprint density at radius 3 is 2.06 bits per heavy atom. The second kappa shape index (κ2) is 3.96. The number of hydrogen-bond donors (Lipinski definition) is 0. The summed E-state index contributed by atoms with van der Waals surface area (Å²) in [6.45, 7) is 14.6. The minimum atomic E-state index is -1.27. The first-order chi connectivity index (χ1) is 7.71. The lowest BCUT2D eigenvalue weighted by Crippen LogP contribution is -2.29. The number of benzene rings is 1. The molecule has 1 aromatic carbocycles. The van der Waals surface area contributed by atoms with Gasteiger partial charge in [0.1, 0.15) is 0 Å². The molecule has 0 N–H and O–H groups in total. The Balaban J connectivity index is 2.58. The molecule has 0 aromatic heterocycles. The highest BCUT2D eigenvalue weighted by Gasteiger charge is 2.37. The molecule has 91 valence electrons. The van der Waals surface area contributed by atoms with Crippen LogP contribution in [0.15, 0.2) is 24.3 Å². The predicted octanol–water partition coefficient (Wildman–Crippen LogP) is 4.73. The third kappa shape index (κ3) is 2.33. The van der Waals surface area contributed by atoms with Crippen LogP contribution in [0.3, 0.4) is 0 Å². The summed E-state index contributed by atoms with van der Waals surface area (Å²) in [5.74, 6) is 0. The maximum Gasteiger partial charge on any atom is 0.0787 e. The predicted molar refractivity (Wildman–Crippen MR) is 82.5 cm³/mol. The van der Waals surface area contributed by atoms with E-state index in [-0.39, 0.29) is 0 Å². The highest BCUT2D eigenvalue weighted by molar-refractivity contribution is 6.94. The van der Waals surface area contributed by atoms with E-state index in [1.807, 2.05) is 0 Å². The van der Waals surface area contributed by atoms with Crippen LogP contribution in [0.5, 0.6) is 0 Å². The topological polar surface area (TPSA) is 0 Å². The van der Waals surface area contributed by atoms with Gasteiger partial charge in [0.25, 0.3) is 0 Å². The molecule has 1 radical (unpaired) electrons. The molecule has 0 saturated heterocycles. The van der Waals surface area contributed by atoms with Crippen LogP contribution in [0, 0.1) is 6.08 Å². The zero-order valence-corrected chi connectivity index (χ0v) is 13.9. The van der Waals surface area contributed by atoms with Crippen LogP contribution < -0.4 is 0 Å². The van der Waals surface area contributed by atoms with Crippen LogP contribution in [0.4, 0.5) is 0 Å². The van der Waals surface area contributed by atoms with Crippen LogP contribution in [0.1, 0.15) is 16.7 Å². The molecule has 0 fully saturated rings. The number of fused-ring (bicyclic) bond motifs is 1. The van der Waals surface area contributed by atoms with E-state index < -0.39 is 16.1 Å². The summed E-state index contributed by atoms with van der Waals surface area (Å²) in [6.07, 6.45) is 3.88. The largest absolute Gasteiger partial charge is 0.0787 e. The second-order valence-electron chi connectivity index (χ2n) is 7.16. The molecule has 0 heterocycles. The quantitative estimate of drug-likeness (QED) is 0.674. The van der Waals surface area contributed by atoms with Gasteiger partial charge in [0.2, 0.25) is 0 Å². The first kappa shape index (κ1) is 12.8. The summed E-state index contributed by atoms with van der Waals surface area (Å²) in [4.78, 5) is 0. The van der Waals surface area contributed by atoms with Gasteiger partial charge in [-0.1, -0.05) is 63.5 Å². The molecule has 1 aromatic rings. The van der Waals surface area contributed by atoms with E-state index in [0.717, 1.165) is 0 Å². The number of rotatable bonds is 2. The van der Waals surface area contributed by atoms with E-state index in [9.17, 15) is 0 Å². The maximum atomic E-state index is 3.88. The third-order valence-electron chi connectivity index (χ3n) is 3.45. The fraction of sp³-hybridized carbons (Fsp3) is 0.467. The first-order valence-electron chi connectivity index (χ1n) is 6.44. The molecule has 2 heteroatoms. The lowest BCUT2D eigenvalue weighted by atomic mass is 10.1. The van der Waals surface area contributed by atoms with Gasteiger partial charge in [0.15, 0.2) is 0 Å². The van der Waals surface area contributed by atoms with Gasteiger partial charge >= 0.3 is 0 Å². The fourth-order valence-corrected chi connectivity index (χ4v) is 6.10. The molecule has 1 aliphatic carbocycles. The molecule has 1 atom stereocenters. The van der Waals surface area contributed by atoms with Crippen molar-refractivity contribution in [2.75, 3.05) is 0 Å². The van der Waals surface area contributed by atoms with Gasteiger partial charge in [-0.05, 0) is 22.4 Å². The molecule has 0 saturated carbocycles. The molecule has 0 amide bonds. The van der Waals surface area contributed by atoms with Crippen LogP contribution in [-0.2, 0) is 0 Å². The van der Waals surface area contributed by atoms with Gasteiger partial charge in [-0.15, -0.1) is 0 Å². The molecule has 17 heavy (non-hydrogen) atoms. The summed E-state index contributed by atoms with van der Waals surface area (Å²) >= 11 is 0. The van der Waals surface area contributed by atoms with Crippen LogP contribution in [0.2, 0.25) is 39.3 Å². The maximum absolute atomic E-state index is 3.88. The zero-order valence-electron chi connectivity index (χ0n) is 11.9. The standard InChI is InChI=1S/C15H23Si2/c1-16(2,3)14-11-15(17(4,5)6)13-10-8-7-9-12(13)14/h7-10,14H,1-6H3. The van der Waals surface area contributed by atoms with Gasteiger partial charge in [-0.2, -0.15) is 0 Å². The molecule has 0 bridgehead atoms.